The smallest absolute Gasteiger partial charge is 0.270 e. The number of benzene rings is 3. The Balaban J connectivity index is 1.79. The summed E-state index contributed by atoms with van der Waals surface area (Å²) in [7, 11) is -4.28. The third kappa shape index (κ3) is 5.62. The minimum absolute atomic E-state index is 0.0395. The van der Waals surface area contributed by atoms with Gasteiger partial charge in [0.15, 0.2) is 0 Å². The largest absolute Gasteiger partial charge is 0.278 e. The fourth-order valence-electron chi connectivity index (χ4n) is 3.20. The molecule has 0 spiro atoms. The van der Waals surface area contributed by atoms with Crippen LogP contribution in [0.1, 0.15) is 11.1 Å². The number of pyridine rings is 1. The molecule has 1 aromatic heterocycles. The summed E-state index contributed by atoms with van der Waals surface area (Å²) in [6.07, 6.45) is 3.23. The molecule has 4 aromatic rings. The molecule has 1 heterocycles. The molecule has 0 saturated carbocycles. The fraction of sp³-hybridized carbons (Fsp3) is 0. The van der Waals surface area contributed by atoms with E-state index in [1.54, 1.807) is 36.7 Å². The molecule has 2 N–H and O–H groups in total. The Morgan fingerprint density at radius 3 is 2.23 bits per heavy atom. The number of hydrogen-bond acceptors (Lipinski definition) is 7. The number of rotatable bonds is 8. The van der Waals surface area contributed by atoms with Gasteiger partial charge in [-0.25, -0.2) is 8.42 Å². The summed E-state index contributed by atoms with van der Waals surface area (Å²) < 4.78 is 28.9. The number of hydrazone groups is 1. The topological polar surface area (TPSA) is 127 Å². The van der Waals surface area contributed by atoms with Crippen LogP contribution in [-0.4, -0.2) is 24.0 Å². The molecule has 0 radical (unpaired) electrons. The Labute approximate surface area is 206 Å². The second-order valence-electron chi connectivity index (χ2n) is 7.20. The standard InChI is InChI=1S/C24H18ClN5O4S/c25-20-8-4-5-9-21(20)29-35(33,34)23-16-19(30(31)32)10-11-22(23)27-28-24(17-6-2-1-3-7-17)18-12-14-26-15-13-18/h1-16,27,29H/b28-24+. The molecule has 0 aliphatic carbocycles. The van der Waals surface area contributed by atoms with Crippen molar-refractivity contribution in [3.8, 4) is 0 Å². The van der Waals surface area contributed by atoms with Gasteiger partial charge in [-0.05, 0) is 30.3 Å². The zero-order valence-corrected chi connectivity index (χ0v) is 19.6. The van der Waals surface area contributed by atoms with E-state index >= 15 is 0 Å². The summed E-state index contributed by atoms with van der Waals surface area (Å²) >= 11 is 6.10. The van der Waals surface area contributed by atoms with E-state index in [2.05, 4.69) is 20.2 Å². The number of halogens is 1. The van der Waals surface area contributed by atoms with Crippen molar-refractivity contribution in [2.45, 2.75) is 4.90 Å². The third-order valence-electron chi connectivity index (χ3n) is 4.87. The molecule has 0 saturated heterocycles. The molecule has 0 bridgehead atoms. The molecule has 0 aliphatic heterocycles. The molecular weight excluding hydrogens is 490 g/mol. The van der Waals surface area contributed by atoms with Crippen molar-refractivity contribution in [2.75, 3.05) is 10.1 Å². The maximum atomic E-state index is 13.2. The monoisotopic (exact) mass is 507 g/mol. The Hall–Kier alpha value is -4.28. The molecule has 4 rings (SSSR count). The molecule has 35 heavy (non-hydrogen) atoms. The number of hydrogen-bond donors (Lipinski definition) is 2. The molecule has 9 nitrogen and oxygen atoms in total. The number of nitro groups is 1. The average Bonchev–Trinajstić information content (AvgIpc) is 2.87. The van der Waals surface area contributed by atoms with Crippen molar-refractivity contribution in [1.82, 2.24) is 4.98 Å². The lowest BCUT2D eigenvalue weighted by Crippen LogP contribution is -2.16. The van der Waals surface area contributed by atoms with Crippen LogP contribution >= 0.6 is 11.6 Å². The van der Waals surface area contributed by atoms with Crippen LogP contribution in [-0.2, 0) is 10.0 Å². The maximum Gasteiger partial charge on any atom is 0.270 e. The number of sulfonamides is 1. The number of para-hydroxylation sites is 1. The van der Waals surface area contributed by atoms with Crippen molar-refractivity contribution in [3.63, 3.8) is 0 Å². The van der Waals surface area contributed by atoms with Gasteiger partial charge in [0.2, 0.25) is 0 Å². The van der Waals surface area contributed by atoms with E-state index in [9.17, 15) is 18.5 Å². The van der Waals surface area contributed by atoms with Gasteiger partial charge in [0.1, 0.15) is 4.90 Å². The highest BCUT2D eigenvalue weighted by atomic mass is 35.5. The second-order valence-corrected chi connectivity index (χ2v) is 9.26. The van der Waals surface area contributed by atoms with Gasteiger partial charge >= 0.3 is 0 Å². The molecule has 0 amide bonds. The molecule has 11 heteroatoms. The van der Waals surface area contributed by atoms with E-state index in [0.717, 1.165) is 17.2 Å². The first kappa shape index (κ1) is 23.9. The summed E-state index contributed by atoms with van der Waals surface area (Å²) in [6, 6.07) is 22.5. The second kappa shape index (κ2) is 10.3. The first-order chi connectivity index (χ1) is 16.8. The zero-order chi connectivity index (χ0) is 24.8. The van der Waals surface area contributed by atoms with Crippen molar-refractivity contribution in [3.05, 3.63) is 124 Å². The van der Waals surface area contributed by atoms with E-state index < -0.39 is 20.6 Å². The molecule has 0 aliphatic rings. The van der Waals surface area contributed by atoms with Crippen LogP contribution < -0.4 is 10.1 Å². The predicted octanol–water partition coefficient (Wildman–Crippen LogP) is 5.31. The van der Waals surface area contributed by atoms with Crippen LogP contribution in [0, 0.1) is 10.1 Å². The van der Waals surface area contributed by atoms with Crippen LogP contribution in [0.15, 0.2) is 107 Å². The highest BCUT2D eigenvalue weighted by Crippen LogP contribution is 2.30. The minimum atomic E-state index is -4.28. The summed E-state index contributed by atoms with van der Waals surface area (Å²) in [4.78, 5) is 14.3. The van der Waals surface area contributed by atoms with Gasteiger partial charge in [-0.1, -0.05) is 54.1 Å². The van der Waals surface area contributed by atoms with Crippen LogP contribution in [0.3, 0.4) is 0 Å². The summed E-state index contributed by atoms with van der Waals surface area (Å²) in [5, 5.41) is 16.0. The van der Waals surface area contributed by atoms with Crippen molar-refractivity contribution in [2.24, 2.45) is 5.10 Å². The summed E-state index contributed by atoms with van der Waals surface area (Å²) in [6.45, 7) is 0. The van der Waals surface area contributed by atoms with Crippen LogP contribution in [0.2, 0.25) is 5.02 Å². The molecule has 0 atom stereocenters. The number of anilines is 2. The molecular formula is C24H18ClN5O4S. The lowest BCUT2D eigenvalue weighted by Gasteiger charge is -2.14. The Morgan fingerprint density at radius 2 is 1.54 bits per heavy atom. The summed E-state index contributed by atoms with van der Waals surface area (Å²) in [5.41, 5.74) is 4.59. The predicted molar refractivity (Wildman–Crippen MR) is 135 cm³/mol. The highest BCUT2D eigenvalue weighted by Gasteiger charge is 2.23. The highest BCUT2D eigenvalue weighted by molar-refractivity contribution is 7.93. The lowest BCUT2D eigenvalue weighted by atomic mass is 10.0. The SMILES string of the molecule is O=[N+]([O-])c1ccc(N/N=C(\c2ccccc2)c2ccncc2)c(S(=O)(=O)Nc2ccccc2Cl)c1. The van der Waals surface area contributed by atoms with Gasteiger partial charge < -0.3 is 0 Å². The average molecular weight is 508 g/mol. The summed E-state index contributed by atoms with van der Waals surface area (Å²) in [5.74, 6) is 0. The van der Waals surface area contributed by atoms with Gasteiger partial charge in [0.05, 0.1) is 27.0 Å². The van der Waals surface area contributed by atoms with E-state index in [0.29, 0.717) is 5.71 Å². The van der Waals surface area contributed by atoms with E-state index in [1.807, 2.05) is 30.3 Å². The first-order valence-electron chi connectivity index (χ1n) is 10.2. The van der Waals surface area contributed by atoms with E-state index in [1.165, 1.54) is 24.3 Å². The van der Waals surface area contributed by atoms with Crippen LogP contribution in [0.25, 0.3) is 0 Å². The molecule has 0 unspecified atom stereocenters. The minimum Gasteiger partial charge on any atom is -0.278 e. The first-order valence-corrected chi connectivity index (χ1v) is 12.1. The van der Waals surface area contributed by atoms with Crippen molar-refractivity contribution >= 4 is 44.4 Å². The third-order valence-corrected chi connectivity index (χ3v) is 6.61. The van der Waals surface area contributed by atoms with Crippen LogP contribution in [0.5, 0.6) is 0 Å². The van der Waals surface area contributed by atoms with Gasteiger partial charge in [-0.2, -0.15) is 5.10 Å². The van der Waals surface area contributed by atoms with Crippen LogP contribution in [0.4, 0.5) is 17.1 Å². The number of nitrogens with zero attached hydrogens (tertiary/aromatic N) is 3. The zero-order valence-electron chi connectivity index (χ0n) is 18.0. The number of nitro benzene ring substituents is 1. The number of non-ortho nitro benzene ring substituents is 1. The van der Waals surface area contributed by atoms with Crippen molar-refractivity contribution < 1.29 is 13.3 Å². The normalized spacial score (nSPS) is 11.6. The maximum absolute atomic E-state index is 13.2. The van der Waals surface area contributed by atoms with E-state index in [-0.39, 0.29) is 21.3 Å². The lowest BCUT2D eigenvalue weighted by molar-refractivity contribution is -0.385. The molecule has 3 aromatic carbocycles. The Bertz CT molecular complexity index is 1460. The fourth-order valence-corrected chi connectivity index (χ4v) is 4.70. The molecule has 0 fully saturated rings. The van der Waals surface area contributed by atoms with Gasteiger partial charge in [0.25, 0.3) is 15.7 Å². The number of nitrogens with one attached hydrogen (secondary N) is 2. The van der Waals surface area contributed by atoms with Crippen molar-refractivity contribution in [1.29, 1.82) is 0 Å². The molecule has 176 valence electrons. The Morgan fingerprint density at radius 1 is 0.886 bits per heavy atom. The number of aromatic nitrogens is 1. The van der Waals surface area contributed by atoms with Gasteiger partial charge in [0, 0.05) is 35.7 Å². The quantitative estimate of drug-likeness (QED) is 0.189. The van der Waals surface area contributed by atoms with E-state index in [4.69, 9.17) is 11.6 Å². The Kier molecular flexibility index (Phi) is 7.04. The van der Waals surface area contributed by atoms with Gasteiger partial charge in [-0.15, -0.1) is 0 Å². The van der Waals surface area contributed by atoms with Gasteiger partial charge in [-0.3, -0.25) is 25.2 Å².